The second-order valence-corrected chi connectivity index (χ2v) is 6.45. The van der Waals surface area contributed by atoms with Gasteiger partial charge in [-0.3, -0.25) is 4.90 Å². The molecule has 0 amide bonds. The summed E-state index contributed by atoms with van der Waals surface area (Å²) in [5, 5.41) is 18.9. The summed E-state index contributed by atoms with van der Waals surface area (Å²) < 4.78 is 5.30. The van der Waals surface area contributed by atoms with E-state index in [1.54, 1.807) is 7.11 Å². The van der Waals surface area contributed by atoms with Crippen molar-refractivity contribution < 1.29 is 19.7 Å². The first-order valence-corrected chi connectivity index (χ1v) is 7.47. The number of aliphatic hydroxyl groups excluding tert-OH is 1. The summed E-state index contributed by atoms with van der Waals surface area (Å²) in [5.74, 6) is -0.153. The van der Waals surface area contributed by atoms with Gasteiger partial charge < -0.3 is 14.9 Å². The number of carbonyl (C=O) groups is 1. The Bertz CT molecular complexity index is 652. The van der Waals surface area contributed by atoms with E-state index in [1.165, 1.54) is 11.1 Å². The van der Waals surface area contributed by atoms with Crippen LogP contribution in [-0.2, 0) is 16.6 Å². The van der Waals surface area contributed by atoms with Crippen molar-refractivity contribution in [3.05, 3.63) is 40.7 Å². The summed E-state index contributed by atoms with van der Waals surface area (Å²) in [5.41, 5.74) is 2.75. The molecule has 1 atom stereocenters. The Hall–Kier alpha value is -2.01. The Morgan fingerprint density at radius 1 is 1.45 bits per heavy atom. The molecule has 5 nitrogen and oxygen atoms in total. The van der Waals surface area contributed by atoms with Crippen molar-refractivity contribution in [2.24, 2.45) is 0 Å². The number of methoxy groups -OCH3 is 1. The second-order valence-electron chi connectivity index (χ2n) is 6.45. The average molecular weight is 303 g/mol. The minimum absolute atomic E-state index is 0.0143. The topological polar surface area (TPSA) is 70.0 Å². The smallest absolute Gasteiger partial charge is 0.336 e. The van der Waals surface area contributed by atoms with E-state index in [-0.39, 0.29) is 16.7 Å². The highest BCUT2D eigenvalue weighted by molar-refractivity contribution is 5.87. The molecule has 5 heteroatoms. The first-order valence-electron chi connectivity index (χ1n) is 7.47. The summed E-state index contributed by atoms with van der Waals surface area (Å²) >= 11 is 0. The average Bonchev–Trinajstić information content (AvgIpc) is 2.48. The molecule has 0 bridgehead atoms. The molecular formula is C17H21NO4. The lowest BCUT2D eigenvalue weighted by Gasteiger charge is -2.45. The van der Waals surface area contributed by atoms with Crippen molar-refractivity contribution in [2.75, 3.05) is 26.7 Å². The van der Waals surface area contributed by atoms with E-state index in [1.807, 2.05) is 6.07 Å². The van der Waals surface area contributed by atoms with Crippen molar-refractivity contribution in [2.45, 2.75) is 25.2 Å². The molecule has 1 unspecified atom stereocenters. The van der Waals surface area contributed by atoms with Crippen molar-refractivity contribution >= 4 is 5.97 Å². The number of benzene rings is 1. The van der Waals surface area contributed by atoms with Crippen molar-refractivity contribution in [3.63, 3.8) is 0 Å². The third-order valence-electron chi connectivity index (χ3n) is 4.77. The fourth-order valence-corrected chi connectivity index (χ4v) is 3.58. The Balaban J connectivity index is 1.76. The van der Waals surface area contributed by atoms with Gasteiger partial charge in [0.25, 0.3) is 0 Å². The molecule has 2 N–H and O–H groups in total. The summed E-state index contributed by atoms with van der Waals surface area (Å²) in [7, 11) is 1.66. The molecule has 0 spiro atoms. The minimum Gasteiger partial charge on any atom is -0.512 e. The number of aliphatic hydroxyl groups is 1. The van der Waals surface area contributed by atoms with Gasteiger partial charge in [-0.05, 0) is 29.7 Å². The molecule has 118 valence electrons. The van der Waals surface area contributed by atoms with Crippen LogP contribution in [0.3, 0.4) is 0 Å². The third kappa shape index (κ3) is 2.46. The van der Waals surface area contributed by atoms with Gasteiger partial charge in [-0.1, -0.05) is 13.0 Å². The molecule has 2 aliphatic rings. The van der Waals surface area contributed by atoms with E-state index < -0.39 is 5.97 Å². The quantitative estimate of drug-likeness (QED) is 0.891. The van der Waals surface area contributed by atoms with Gasteiger partial charge >= 0.3 is 5.97 Å². The van der Waals surface area contributed by atoms with Crippen molar-refractivity contribution in [1.29, 1.82) is 0 Å². The highest BCUT2D eigenvalue weighted by Crippen LogP contribution is 2.43. The Labute approximate surface area is 129 Å². The lowest BCUT2D eigenvalue weighted by molar-refractivity contribution is -0.133. The maximum Gasteiger partial charge on any atom is 0.336 e. The van der Waals surface area contributed by atoms with E-state index in [9.17, 15) is 9.90 Å². The van der Waals surface area contributed by atoms with Crippen LogP contribution in [0.5, 0.6) is 5.75 Å². The van der Waals surface area contributed by atoms with Gasteiger partial charge in [0, 0.05) is 31.5 Å². The van der Waals surface area contributed by atoms with Crippen molar-refractivity contribution in [1.82, 2.24) is 4.90 Å². The minimum atomic E-state index is -1.02. The predicted molar refractivity (Wildman–Crippen MR) is 82.4 cm³/mol. The Morgan fingerprint density at radius 2 is 2.23 bits per heavy atom. The van der Waals surface area contributed by atoms with Crippen LogP contribution in [0, 0.1) is 0 Å². The van der Waals surface area contributed by atoms with Gasteiger partial charge in [0.1, 0.15) is 11.5 Å². The monoisotopic (exact) mass is 303 g/mol. The van der Waals surface area contributed by atoms with Crippen LogP contribution in [0.15, 0.2) is 29.5 Å². The summed E-state index contributed by atoms with van der Waals surface area (Å²) in [6.45, 7) is 3.98. The maximum absolute atomic E-state index is 11.2. The number of ether oxygens (including phenoxy) is 1. The zero-order valence-corrected chi connectivity index (χ0v) is 12.9. The van der Waals surface area contributed by atoms with Crippen LogP contribution in [-0.4, -0.2) is 47.8 Å². The molecule has 1 aromatic rings. The zero-order valence-electron chi connectivity index (χ0n) is 12.9. The van der Waals surface area contributed by atoms with E-state index in [0.717, 1.165) is 18.7 Å². The van der Waals surface area contributed by atoms with E-state index in [2.05, 4.69) is 24.0 Å². The van der Waals surface area contributed by atoms with Gasteiger partial charge in [0.15, 0.2) is 0 Å². The van der Waals surface area contributed by atoms with Crippen molar-refractivity contribution in [3.8, 4) is 5.75 Å². The van der Waals surface area contributed by atoms with Crippen LogP contribution in [0.2, 0.25) is 0 Å². The normalized spacial score (nSPS) is 24.6. The fraction of sp³-hybridized carbons (Fsp3) is 0.471. The van der Waals surface area contributed by atoms with Gasteiger partial charge in [0.2, 0.25) is 0 Å². The molecule has 3 rings (SSSR count). The lowest BCUT2D eigenvalue weighted by Crippen LogP contribution is -2.48. The molecule has 0 saturated heterocycles. The molecule has 1 aromatic carbocycles. The number of hydrogen-bond donors (Lipinski definition) is 2. The van der Waals surface area contributed by atoms with Gasteiger partial charge in [-0.25, -0.2) is 4.79 Å². The number of nitrogens with zero attached hydrogens (tertiary/aromatic N) is 1. The van der Waals surface area contributed by atoms with Crippen LogP contribution in [0.25, 0.3) is 0 Å². The molecule has 0 aromatic heterocycles. The van der Waals surface area contributed by atoms with Gasteiger partial charge in [0.05, 0.1) is 12.7 Å². The van der Waals surface area contributed by atoms with Crippen LogP contribution in [0.4, 0.5) is 0 Å². The zero-order chi connectivity index (χ0) is 15.9. The van der Waals surface area contributed by atoms with Crippen LogP contribution >= 0.6 is 0 Å². The molecule has 1 aliphatic heterocycles. The number of carboxylic acid groups (broad SMARTS) is 1. The predicted octanol–water partition coefficient (Wildman–Crippen LogP) is 2.11. The largest absolute Gasteiger partial charge is 0.512 e. The first kappa shape index (κ1) is 14.9. The Kier molecular flexibility index (Phi) is 3.60. The molecule has 0 saturated carbocycles. The summed E-state index contributed by atoms with van der Waals surface area (Å²) in [6.07, 6.45) is 1.39. The molecule has 0 radical (unpaired) electrons. The van der Waals surface area contributed by atoms with E-state index in [0.29, 0.717) is 19.5 Å². The van der Waals surface area contributed by atoms with Gasteiger partial charge in [-0.2, -0.15) is 0 Å². The fourth-order valence-electron chi connectivity index (χ4n) is 3.58. The molecule has 22 heavy (non-hydrogen) atoms. The number of carboxylic acids is 1. The van der Waals surface area contributed by atoms with E-state index >= 15 is 0 Å². The highest BCUT2D eigenvalue weighted by atomic mass is 16.5. The maximum atomic E-state index is 11.2. The highest BCUT2D eigenvalue weighted by Gasteiger charge is 2.40. The summed E-state index contributed by atoms with van der Waals surface area (Å²) in [4.78, 5) is 13.3. The first-order chi connectivity index (χ1) is 10.4. The van der Waals surface area contributed by atoms with Gasteiger partial charge in [-0.15, -0.1) is 0 Å². The lowest BCUT2D eigenvalue weighted by atomic mass is 9.65. The molecular weight excluding hydrogens is 282 g/mol. The number of hydrogen-bond acceptors (Lipinski definition) is 4. The van der Waals surface area contributed by atoms with E-state index in [4.69, 9.17) is 9.84 Å². The number of fused-ring (bicyclic) bond motifs is 1. The third-order valence-corrected chi connectivity index (χ3v) is 4.77. The SMILES string of the molecule is COc1ccc2c(c1)C(C)(CN1CCC(O)=C(C(=O)O)C1)C2. The Morgan fingerprint density at radius 3 is 2.91 bits per heavy atom. The molecule has 1 aliphatic carbocycles. The summed E-state index contributed by atoms with van der Waals surface area (Å²) in [6, 6.07) is 6.15. The number of aliphatic carboxylic acids is 1. The standard InChI is InChI=1S/C17H21NO4/c1-17(8-11-3-4-12(22-2)7-14(11)17)10-18-6-5-15(19)13(9-18)16(20)21/h3-4,7,19H,5-6,8-10H2,1-2H3,(H,20,21). The van der Waals surface area contributed by atoms with Crippen LogP contribution in [0.1, 0.15) is 24.5 Å². The second kappa shape index (κ2) is 5.32. The molecule has 1 heterocycles. The molecule has 0 fully saturated rings. The number of rotatable bonds is 4. The van der Waals surface area contributed by atoms with Crippen LogP contribution < -0.4 is 4.74 Å².